The highest BCUT2D eigenvalue weighted by atomic mass is 19.1. The molecular formula is C14H11FN3+. The van der Waals surface area contributed by atoms with Crippen molar-refractivity contribution in [2.24, 2.45) is 10.7 Å². The molecule has 18 heavy (non-hydrogen) atoms. The van der Waals surface area contributed by atoms with E-state index in [0.717, 1.165) is 11.1 Å². The van der Waals surface area contributed by atoms with Crippen LogP contribution in [0.3, 0.4) is 0 Å². The highest BCUT2D eigenvalue weighted by Crippen LogP contribution is 2.16. The maximum absolute atomic E-state index is 13.1. The lowest BCUT2D eigenvalue weighted by Gasteiger charge is -1.94. The topological polar surface area (TPSA) is 52.4 Å². The average Bonchev–Trinajstić information content (AvgIpc) is 2.67. The third-order valence-electron chi connectivity index (χ3n) is 2.77. The Kier molecular flexibility index (Phi) is 2.41. The normalized spacial score (nSPS) is 15.6. The molecule has 0 unspecified atom stereocenters. The van der Waals surface area contributed by atoms with Crippen LogP contribution >= 0.6 is 0 Å². The summed E-state index contributed by atoms with van der Waals surface area (Å²) in [4.78, 5) is 7.38. The van der Waals surface area contributed by atoms with Crippen LogP contribution in [0.5, 0.6) is 0 Å². The number of nitrogen functional groups attached to an aromatic ring is 1. The molecule has 0 bridgehead atoms. The van der Waals surface area contributed by atoms with E-state index >= 15 is 0 Å². The average molecular weight is 240 g/mol. The standard InChI is InChI=1S/C14H10FN3/c15-9-4-3-5-10(8-9)17-14-12-7-2-1-6-11(12)13(16)18-14/h1-8H,(H2,16,17,18)/p+1. The van der Waals surface area contributed by atoms with Crippen LogP contribution in [0.4, 0.5) is 10.1 Å². The number of fused-ring (bicyclic) bond motifs is 1. The van der Waals surface area contributed by atoms with Gasteiger partial charge in [0.2, 0.25) is 5.84 Å². The minimum Gasteiger partial charge on any atom is -0.318 e. The first-order valence-electron chi connectivity index (χ1n) is 5.57. The molecule has 3 N–H and O–H groups in total. The van der Waals surface area contributed by atoms with Crippen molar-refractivity contribution in [2.75, 3.05) is 0 Å². The molecule has 0 radical (unpaired) electrons. The Labute approximate surface area is 104 Å². The van der Waals surface area contributed by atoms with Gasteiger partial charge in [0.25, 0.3) is 5.84 Å². The van der Waals surface area contributed by atoms with Crippen LogP contribution in [-0.4, -0.2) is 11.7 Å². The van der Waals surface area contributed by atoms with Crippen LogP contribution in [0, 0.1) is 5.82 Å². The summed E-state index contributed by atoms with van der Waals surface area (Å²) >= 11 is 0. The number of nitrogens with one attached hydrogen (secondary N) is 1. The van der Waals surface area contributed by atoms with Crippen LogP contribution in [0.1, 0.15) is 11.1 Å². The molecule has 0 amide bonds. The van der Waals surface area contributed by atoms with Crippen LogP contribution in [0.25, 0.3) is 0 Å². The highest BCUT2D eigenvalue weighted by Gasteiger charge is 2.23. The van der Waals surface area contributed by atoms with Gasteiger partial charge < -0.3 is 5.73 Å². The Morgan fingerprint density at radius 3 is 2.56 bits per heavy atom. The third kappa shape index (κ3) is 1.78. The second-order valence-electron chi connectivity index (χ2n) is 4.02. The Bertz CT molecular complexity index is 674. The van der Waals surface area contributed by atoms with Gasteiger partial charge in [0.1, 0.15) is 11.5 Å². The van der Waals surface area contributed by atoms with Gasteiger partial charge in [-0.2, -0.15) is 0 Å². The van der Waals surface area contributed by atoms with Crippen molar-refractivity contribution in [3.63, 3.8) is 0 Å². The van der Waals surface area contributed by atoms with Gasteiger partial charge >= 0.3 is 0 Å². The Hall–Kier alpha value is -2.49. The van der Waals surface area contributed by atoms with Gasteiger partial charge in [0, 0.05) is 6.07 Å². The molecular weight excluding hydrogens is 229 g/mol. The van der Waals surface area contributed by atoms with E-state index < -0.39 is 0 Å². The number of aliphatic imine (C=N–C) groups is 1. The summed E-state index contributed by atoms with van der Waals surface area (Å²) in [6.07, 6.45) is 0. The number of hydrogen-bond acceptors (Lipinski definition) is 2. The molecule has 3 nitrogen and oxygen atoms in total. The van der Waals surface area contributed by atoms with Gasteiger partial charge in [0.05, 0.1) is 11.1 Å². The summed E-state index contributed by atoms with van der Waals surface area (Å²) in [5.41, 5.74) is 8.28. The summed E-state index contributed by atoms with van der Waals surface area (Å²) in [5.74, 6) is 0.912. The SMILES string of the molecule is NC1=[NH+]C(=Nc2cccc(F)c2)c2ccccc21. The Morgan fingerprint density at radius 2 is 1.78 bits per heavy atom. The van der Waals surface area contributed by atoms with E-state index in [0.29, 0.717) is 17.4 Å². The minimum atomic E-state index is -0.305. The molecule has 0 aromatic heterocycles. The lowest BCUT2D eigenvalue weighted by atomic mass is 10.1. The zero-order valence-electron chi connectivity index (χ0n) is 9.52. The second kappa shape index (κ2) is 4.07. The van der Waals surface area contributed by atoms with Crippen LogP contribution in [0.2, 0.25) is 0 Å². The maximum atomic E-state index is 13.1. The fourth-order valence-electron chi connectivity index (χ4n) is 1.95. The molecule has 0 aliphatic carbocycles. The number of rotatable bonds is 1. The van der Waals surface area contributed by atoms with Crippen molar-refractivity contribution in [3.05, 3.63) is 65.5 Å². The van der Waals surface area contributed by atoms with Gasteiger partial charge in [-0.3, -0.25) is 0 Å². The van der Waals surface area contributed by atoms with E-state index in [2.05, 4.69) is 9.98 Å². The van der Waals surface area contributed by atoms with Gasteiger partial charge in [0.15, 0.2) is 0 Å². The number of nitrogens with zero attached hydrogens (tertiary/aromatic N) is 1. The van der Waals surface area contributed by atoms with Crippen molar-refractivity contribution in [1.82, 2.24) is 0 Å². The first-order valence-corrected chi connectivity index (χ1v) is 5.57. The molecule has 1 aliphatic rings. The summed E-state index contributed by atoms with van der Waals surface area (Å²) in [6, 6.07) is 13.8. The summed E-state index contributed by atoms with van der Waals surface area (Å²) < 4.78 is 13.1. The van der Waals surface area contributed by atoms with Crippen molar-refractivity contribution in [3.8, 4) is 0 Å². The maximum Gasteiger partial charge on any atom is 0.269 e. The lowest BCUT2D eigenvalue weighted by molar-refractivity contribution is -0.311. The van der Waals surface area contributed by atoms with Gasteiger partial charge in [-0.25, -0.2) is 9.38 Å². The Balaban J connectivity index is 2.10. The quantitative estimate of drug-likeness (QED) is 0.757. The fourth-order valence-corrected chi connectivity index (χ4v) is 1.95. The van der Waals surface area contributed by atoms with E-state index in [1.165, 1.54) is 12.1 Å². The summed E-state index contributed by atoms with van der Waals surface area (Å²) in [7, 11) is 0. The van der Waals surface area contributed by atoms with Crippen LogP contribution in [-0.2, 0) is 0 Å². The lowest BCUT2D eigenvalue weighted by Crippen LogP contribution is -2.76. The first-order chi connectivity index (χ1) is 8.74. The molecule has 0 saturated heterocycles. The number of hydrogen-bond donors (Lipinski definition) is 2. The molecule has 1 heterocycles. The first kappa shape index (κ1) is 10.7. The number of benzene rings is 2. The second-order valence-corrected chi connectivity index (χ2v) is 4.02. The van der Waals surface area contributed by atoms with E-state index in [1.807, 2.05) is 24.3 Å². The smallest absolute Gasteiger partial charge is 0.269 e. The van der Waals surface area contributed by atoms with Crippen molar-refractivity contribution < 1.29 is 9.38 Å². The highest BCUT2D eigenvalue weighted by molar-refractivity contribution is 6.12. The zero-order valence-corrected chi connectivity index (χ0v) is 9.52. The summed E-state index contributed by atoms with van der Waals surface area (Å²) in [5, 5.41) is 0. The summed E-state index contributed by atoms with van der Waals surface area (Å²) in [6.45, 7) is 0. The minimum absolute atomic E-state index is 0.305. The van der Waals surface area contributed by atoms with E-state index in [9.17, 15) is 4.39 Å². The predicted molar refractivity (Wildman–Crippen MR) is 68.3 cm³/mol. The van der Waals surface area contributed by atoms with E-state index in [1.54, 1.807) is 12.1 Å². The van der Waals surface area contributed by atoms with Gasteiger partial charge in [-0.1, -0.05) is 18.2 Å². The monoisotopic (exact) mass is 240 g/mol. The largest absolute Gasteiger partial charge is 0.318 e. The van der Waals surface area contributed by atoms with Crippen molar-refractivity contribution in [2.45, 2.75) is 0 Å². The molecule has 2 aromatic carbocycles. The van der Waals surface area contributed by atoms with Crippen molar-refractivity contribution >= 4 is 17.4 Å². The molecule has 0 fully saturated rings. The molecule has 4 heteroatoms. The number of nitrogens with two attached hydrogens (primary N) is 1. The molecule has 3 rings (SSSR count). The molecule has 0 saturated carbocycles. The van der Waals surface area contributed by atoms with Crippen LogP contribution in [0.15, 0.2) is 53.5 Å². The molecule has 2 aromatic rings. The van der Waals surface area contributed by atoms with Gasteiger partial charge in [-0.05, 0) is 24.3 Å². The zero-order chi connectivity index (χ0) is 12.5. The molecule has 88 valence electrons. The Morgan fingerprint density at radius 1 is 1.00 bits per heavy atom. The van der Waals surface area contributed by atoms with E-state index in [-0.39, 0.29) is 5.82 Å². The van der Waals surface area contributed by atoms with Crippen LogP contribution < -0.4 is 10.7 Å². The van der Waals surface area contributed by atoms with Crippen molar-refractivity contribution in [1.29, 1.82) is 0 Å². The fraction of sp³-hybridized carbons (Fsp3) is 0. The third-order valence-corrected chi connectivity index (χ3v) is 2.77. The number of halogens is 1. The number of amidine groups is 2. The predicted octanol–water partition coefficient (Wildman–Crippen LogP) is 0.704. The molecule has 0 atom stereocenters. The van der Waals surface area contributed by atoms with E-state index in [4.69, 9.17) is 5.73 Å². The van der Waals surface area contributed by atoms with Gasteiger partial charge in [-0.15, -0.1) is 4.99 Å². The molecule has 1 aliphatic heterocycles. The molecule has 0 spiro atoms.